The van der Waals surface area contributed by atoms with Gasteiger partial charge in [0, 0.05) is 114 Å². The van der Waals surface area contributed by atoms with Gasteiger partial charge in [0.25, 0.3) is 20.1 Å². The second-order valence-corrected chi connectivity index (χ2v) is 34.0. The Bertz CT molecular complexity index is 7350. The van der Waals surface area contributed by atoms with Crippen LogP contribution in [0.2, 0.25) is 0 Å². The molecule has 0 amide bonds. The van der Waals surface area contributed by atoms with Crippen molar-refractivity contribution in [1.29, 1.82) is 0 Å². The molecule has 0 aliphatic carbocycles. The number of para-hydroxylation sites is 14. The van der Waals surface area contributed by atoms with Gasteiger partial charge < -0.3 is 44.1 Å². The van der Waals surface area contributed by atoms with Crippen molar-refractivity contribution < 1.29 is 35.1 Å². The standard InChI is InChI=1S/C114H70B3F8N9/c118-88-51-29-52-89(119)111(88)131-98-69-100-86(67-84(98)115-82-49-25-27-59-96(82)129(77-45-21-7-22-46-77)102-61-79(63-104(131)108(102)115)126(71-33-9-1-10-34-71)72-35-11-2-12-36-72)117-87-68-85-99(70-101(87)134(114-94(124)57-32-58-95(114)125)107-66-81(128(75-41-17-5-18-42-75)76-43-19-6-20-44-76)65-106(110(107)117)133(100)113-92(122)55-31-56-93(113)123)132(112-90(120)53-30-54-91(112)121)105-64-80(127(73-37-13-3-14-38-73)74-39-15-4-16-40-74)62-103-109(105)116(85)83-50-26-28-60-97(83)130(103)78-47-23-8-24-48-78/h1-70H. The van der Waals surface area contributed by atoms with Crippen molar-refractivity contribution >= 4 is 223 Å². The molecule has 0 saturated carbocycles. The lowest BCUT2D eigenvalue weighted by atomic mass is 9.29. The van der Waals surface area contributed by atoms with Crippen molar-refractivity contribution in [1.82, 2.24) is 0 Å². The van der Waals surface area contributed by atoms with E-state index in [1.165, 1.54) is 82.6 Å². The Balaban J connectivity index is 0.852. The van der Waals surface area contributed by atoms with Crippen molar-refractivity contribution in [2.24, 2.45) is 0 Å². The molecule has 134 heavy (non-hydrogen) atoms. The van der Waals surface area contributed by atoms with E-state index in [2.05, 4.69) is 56.0 Å². The van der Waals surface area contributed by atoms with Gasteiger partial charge in [-0.2, -0.15) is 0 Å². The van der Waals surface area contributed by atoms with Crippen LogP contribution in [0, 0.1) is 46.5 Å². The van der Waals surface area contributed by atoms with Gasteiger partial charge in [0.1, 0.15) is 69.3 Å². The molecule has 0 atom stereocenters. The average molecular weight is 1750 g/mol. The van der Waals surface area contributed by atoms with Crippen molar-refractivity contribution in [2.75, 3.05) is 44.1 Å². The van der Waals surface area contributed by atoms with Crippen molar-refractivity contribution in [3.8, 4) is 0 Å². The first-order chi connectivity index (χ1) is 65.9. The molecule has 0 unspecified atom stereocenters. The fourth-order valence-electron chi connectivity index (χ4n) is 21.5. The summed E-state index contributed by atoms with van der Waals surface area (Å²) in [6.07, 6.45) is 0. The monoisotopic (exact) mass is 1750 g/mol. The van der Waals surface area contributed by atoms with Crippen LogP contribution in [0.5, 0.6) is 0 Å². The molecule has 0 aromatic heterocycles. The summed E-state index contributed by atoms with van der Waals surface area (Å²) in [5.74, 6) is -7.75. The molecular formula is C114H70B3F8N9. The molecule has 0 bridgehead atoms. The topological polar surface area (TPSA) is 29.2 Å². The van der Waals surface area contributed by atoms with Crippen molar-refractivity contribution in [3.05, 3.63) is 471 Å². The number of anilines is 27. The molecule has 0 spiro atoms. The highest BCUT2D eigenvalue weighted by molar-refractivity contribution is 7.04. The quantitative estimate of drug-likeness (QED) is 0.0735. The van der Waals surface area contributed by atoms with E-state index in [-0.39, 0.29) is 34.1 Å². The predicted molar refractivity (Wildman–Crippen MR) is 532 cm³/mol. The Morgan fingerprint density at radius 2 is 0.343 bits per heavy atom. The fraction of sp³-hybridized carbons (Fsp3) is 0. The van der Waals surface area contributed by atoms with Crippen LogP contribution in [0.25, 0.3) is 0 Å². The van der Waals surface area contributed by atoms with Crippen LogP contribution < -0.4 is 93.3 Å². The summed E-state index contributed by atoms with van der Waals surface area (Å²) < 4.78 is 150. The summed E-state index contributed by atoms with van der Waals surface area (Å²) in [4.78, 5) is 16.8. The molecule has 0 N–H and O–H groups in total. The zero-order chi connectivity index (χ0) is 89.8. The van der Waals surface area contributed by atoms with E-state index in [0.717, 1.165) is 56.4 Å². The van der Waals surface area contributed by atoms with Crippen LogP contribution in [0.4, 0.5) is 189 Å². The summed E-state index contributed by atoms with van der Waals surface area (Å²) in [5.41, 5.74) is 14.8. The number of rotatable bonds is 15. The molecular weight excluding hydrogens is 1680 g/mol. The van der Waals surface area contributed by atoms with Crippen molar-refractivity contribution in [3.63, 3.8) is 0 Å². The third-order valence-corrected chi connectivity index (χ3v) is 26.7. The summed E-state index contributed by atoms with van der Waals surface area (Å²) in [6, 6.07) is 128. The minimum atomic E-state index is -1.20. The molecule has 19 aromatic rings. The molecule has 0 radical (unpaired) electrons. The van der Waals surface area contributed by atoms with Crippen LogP contribution in [-0.4, -0.2) is 20.1 Å². The number of fused-ring (bicyclic) bond motifs is 12. The third-order valence-electron chi connectivity index (χ3n) is 26.7. The summed E-state index contributed by atoms with van der Waals surface area (Å²) in [5, 5.41) is 0. The SMILES string of the molecule is Fc1cccc(F)c1N1c2cc3c(cc2B2c4ccccc4N(c4ccccc4)c4cc(N(c5ccccc5)c5ccccc5)cc1c42)B1c2cc4c(cc2N(c2c(F)cccc2F)c2cc(N(c5ccccc5)c5ccccc5)cc(c21)N3c1c(F)cccc1F)N(c1c(F)cccc1F)c1cc(N(c2ccccc2)c2ccccc2)cc2c1B4c1ccccc1N2c1ccccc1. The smallest absolute Gasteiger partial charge is 0.252 e. The lowest BCUT2D eigenvalue weighted by Crippen LogP contribution is -2.67. The Hall–Kier alpha value is -17.0. The molecule has 9 nitrogen and oxygen atoms in total. The Labute approximate surface area is 768 Å². The van der Waals surface area contributed by atoms with Crippen LogP contribution in [0.15, 0.2) is 425 Å². The zero-order valence-corrected chi connectivity index (χ0v) is 71.2. The minimum absolute atomic E-state index is 0.131. The van der Waals surface area contributed by atoms with Crippen LogP contribution >= 0.6 is 0 Å². The third kappa shape index (κ3) is 12.3. The fourth-order valence-corrected chi connectivity index (χ4v) is 21.5. The van der Waals surface area contributed by atoms with Crippen LogP contribution in [0.3, 0.4) is 0 Å². The Morgan fingerprint density at radius 3 is 0.575 bits per heavy atom. The number of halogens is 8. The van der Waals surface area contributed by atoms with Gasteiger partial charge in [-0.25, -0.2) is 35.1 Å². The molecule has 6 aliphatic heterocycles. The van der Waals surface area contributed by atoms with E-state index in [0.29, 0.717) is 89.4 Å². The largest absolute Gasteiger partial charge is 0.311 e. The summed E-state index contributed by atoms with van der Waals surface area (Å²) in [7, 11) is 0. The van der Waals surface area contributed by atoms with Gasteiger partial charge in [-0.05, 0) is 255 Å². The first kappa shape index (κ1) is 79.2. The highest BCUT2D eigenvalue weighted by atomic mass is 19.2. The van der Waals surface area contributed by atoms with Gasteiger partial charge in [0.05, 0.1) is 17.1 Å². The number of nitrogens with zero attached hydrogens (tertiary/aromatic N) is 9. The minimum Gasteiger partial charge on any atom is -0.311 e. The van der Waals surface area contributed by atoms with Gasteiger partial charge in [-0.15, -0.1) is 0 Å². The molecule has 25 rings (SSSR count). The summed E-state index contributed by atoms with van der Waals surface area (Å²) in [6.45, 7) is -2.90. The van der Waals surface area contributed by atoms with Gasteiger partial charge in [-0.3, -0.25) is 0 Å². The molecule has 20 heteroatoms. The molecule has 6 heterocycles. The first-order valence-electron chi connectivity index (χ1n) is 44.3. The number of benzene rings is 19. The maximum Gasteiger partial charge on any atom is 0.252 e. The first-order valence-corrected chi connectivity index (χ1v) is 44.3. The maximum absolute atomic E-state index is 18.9. The number of hydrogen-bond acceptors (Lipinski definition) is 9. The number of hydrogen-bond donors (Lipinski definition) is 0. The second kappa shape index (κ2) is 31.4. The van der Waals surface area contributed by atoms with E-state index in [4.69, 9.17) is 0 Å². The van der Waals surface area contributed by atoms with E-state index in [1.54, 1.807) is 21.9 Å². The lowest BCUT2D eigenvalue weighted by Gasteiger charge is -2.49. The van der Waals surface area contributed by atoms with Crippen LogP contribution in [0.1, 0.15) is 0 Å². The average Bonchev–Trinajstić information content (AvgIpc) is 0.672. The molecule has 0 saturated heterocycles. The van der Waals surface area contributed by atoms with Gasteiger partial charge >= 0.3 is 0 Å². The van der Waals surface area contributed by atoms with E-state index in [9.17, 15) is 0 Å². The predicted octanol–water partition coefficient (Wildman–Crippen LogP) is 25.5. The van der Waals surface area contributed by atoms with Gasteiger partial charge in [0.15, 0.2) is 0 Å². The summed E-state index contributed by atoms with van der Waals surface area (Å²) >= 11 is 0. The van der Waals surface area contributed by atoms with Crippen LogP contribution in [-0.2, 0) is 0 Å². The van der Waals surface area contributed by atoms with E-state index >= 15 is 35.1 Å². The maximum atomic E-state index is 18.9. The molecule has 19 aromatic carbocycles. The Morgan fingerprint density at radius 1 is 0.149 bits per heavy atom. The highest BCUT2D eigenvalue weighted by Gasteiger charge is 2.54. The van der Waals surface area contributed by atoms with E-state index < -0.39 is 89.4 Å². The second-order valence-electron chi connectivity index (χ2n) is 34.0. The van der Waals surface area contributed by atoms with Gasteiger partial charge in [0.2, 0.25) is 0 Å². The normalized spacial score (nSPS) is 13.1. The zero-order valence-electron chi connectivity index (χ0n) is 71.2. The lowest BCUT2D eigenvalue weighted by molar-refractivity contribution is 0.585. The Kier molecular flexibility index (Phi) is 18.6. The van der Waals surface area contributed by atoms with Crippen molar-refractivity contribution in [2.45, 2.75) is 0 Å². The van der Waals surface area contributed by atoms with E-state index in [1.807, 2.05) is 308 Å². The molecule has 0 fully saturated rings. The molecule has 636 valence electrons. The molecule has 6 aliphatic rings. The van der Waals surface area contributed by atoms with Gasteiger partial charge in [-0.1, -0.05) is 218 Å². The highest BCUT2D eigenvalue weighted by Crippen LogP contribution is 2.57.